The fraction of sp³-hybridized carbons (Fsp3) is 0.190. The zero-order valence-electron chi connectivity index (χ0n) is 15.0. The Labute approximate surface area is 152 Å². The number of amides is 1. The molecule has 0 aliphatic carbocycles. The van der Waals surface area contributed by atoms with Crippen molar-refractivity contribution < 1.29 is 14.3 Å². The minimum Gasteiger partial charge on any atom is -0.465 e. The zero-order chi connectivity index (χ0) is 18.7. The molecule has 2 aromatic carbocycles. The summed E-state index contributed by atoms with van der Waals surface area (Å²) in [7, 11) is 1.35. The number of carbonyl (C=O) groups excluding carboxylic acids is 2. The largest absolute Gasteiger partial charge is 0.465 e. The molecule has 1 amide bonds. The van der Waals surface area contributed by atoms with E-state index >= 15 is 0 Å². The number of benzene rings is 2. The fourth-order valence-corrected chi connectivity index (χ4v) is 2.78. The highest BCUT2D eigenvalue weighted by Gasteiger charge is 2.12. The van der Waals surface area contributed by atoms with Gasteiger partial charge in [0.25, 0.3) is 5.91 Å². The number of methoxy groups -OCH3 is 1. The molecule has 0 radical (unpaired) electrons. The van der Waals surface area contributed by atoms with E-state index in [-0.39, 0.29) is 11.9 Å². The van der Waals surface area contributed by atoms with Crippen LogP contribution in [-0.4, -0.2) is 24.0 Å². The number of aryl methyl sites for hydroxylation is 2. The van der Waals surface area contributed by atoms with Crippen molar-refractivity contribution in [3.05, 3.63) is 76.5 Å². The lowest BCUT2D eigenvalue weighted by Crippen LogP contribution is -2.24. The van der Waals surface area contributed by atoms with Gasteiger partial charge in [0.1, 0.15) is 0 Å². The smallest absolute Gasteiger partial charge is 0.337 e. The predicted octanol–water partition coefficient (Wildman–Crippen LogP) is 3.57. The molecule has 1 aromatic heterocycles. The van der Waals surface area contributed by atoms with Gasteiger partial charge in [-0.3, -0.25) is 9.78 Å². The topological polar surface area (TPSA) is 68.3 Å². The van der Waals surface area contributed by atoms with Crippen LogP contribution in [-0.2, 0) is 11.3 Å². The maximum atomic E-state index is 12.6. The first kappa shape index (κ1) is 17.6. The Morgan fingerprint density at radius 2 is 1.77 bits per heavy atom. The Hall–Kier alpha value is -3.21. The molecule has 0 unspecified atom stereocenters. The second kappa shape index (κ2) is 7.35. The van der Waals surface area contributed by atoms with Crippen LogP contribution in [0.5, 0.6) is 0 Å². The Bertz CT molecular complexity index is 978. The maximum Gasteiger partial charge on any atom is 0.337 e. The van der Waals surface area contributed by atoms with Crippen LogP contribution < -0.4 is 5.32 Å². The highest BCUT2D eigenvalue weighted by atomic mass is 16.5. The normalized spacial score (nSPS) is 10.6. The monoisotopic (exact) mass is 348 g/mol. The summed E-state index contributed by atoms with van der Waals surface area (Å²) < 4.78 is 4.67. The van der Waals surface area contributed by atoms with Gasteiger partial charge in [0.15, 0.2) is 0 Å². The van der Waals surface area contributed by atoms with Gasteiger partial charge in [0.2, 0.25) is 0 Å². The van der Waals surface area contributed by atoms with E-state index in [2.05, 4.69) is 15.0 Å². The van der Waals surface area contributed by atoms with Gasteiger partial charge >= 0.3 is 5.97 Å². The van der Waals surface area contributed by atoms with Crippen LogP contribution in [0.15, 0.2) is 48.5 Å². The number of ether oxygens (including phenoxy) is 1. The number of rotatable bonds is 4. The van der Waals surface area contributed by atoms with Gasteiger partial charge < -0.3 is 10.1 Å². The third-order valence-corrected chi connectivity index (χ3v) is 4.23. The van der Waals surface area contributed by atoms with Gasteiger partial charge in [0.05, 0.1) is 29.4 Å². The Morgan fingerprint density at radius 3 is 2.46 bits per heavy atom. The first-order chi connectivity index (χ1) is 12.5. The molecular weight excluding hydrogens is 328 g/mol. The third-order valence-electron chi connectivity index (χ3n) is 4.23. The van der Waals surface area contributed by atoms with Crippen molar-refractivity contribution in [2.24, 2.45) is 0 Å². The lowest BCUT2D eigenvalue weighted by atomic mass is 10.1. The fourth-order valence-electron chi connectivity index (χ4n) is 2.78. The summed E-state index contributed by atoms with van der Waals surface area (Å²) in [6.07, 6.45) is 0. The third kappa shape index (κ3) is 3.72. The number of esters is 1. The first-order valence-electron chi connectivity index (χ1n) is 8.31. The Kier molecular flexibility index (Phi) is 4.98. The van der Waals surface area contributed by atoms with Crippen LogP contribution in [0, 0.1) is 13.8 Å². The summed E-state index contributed by atoms with van der Waals surface area (Å²) in [5.74, 6) is -0.552. The molecule has 0 aliphatic rings. The average Bonchev–Trinajstić information content (AvgIpc) is 2.65. The molecule has 3 aromatic rings. The SMILES string of the molecule is COC(=O)c1ccc(CNC(=O)c2cc3cc(C)ccc3nc2C)cc1. The molecule has 3 rings (SSSR count). The van der Waals surface area contributed by atoms with Crippen molar-refractivity contribution in [1.82, 2.24) is 10.3 Å². The highest BCUT2D eigenvalue weighted by Crippen LogP contribution is 2.18. The van der Waals surface area contributed by atoms with Gasteiger partial charge in [-0.1, -0.05) is 23.8 Å². The molecule has 132 valence electrons. The molecule has 0 saturated carbocycles. The lowest BCUT2D eigenvalue weighted by Gasteiger charge is -2.10. The van der Waals surface area contributed by atoms with Gasteiger partial charge in [0, 0.05) is 11.9 Å². The zero-order valence-corrected chi connectivity index (χ0v) is 15.0. The molecule has 0 fully saturated rings. The van der Waals surface area contributed by atoms with Crippen LogP contribution in [0.3, 0.4) is 0 Å². The summed E-state index contributed by atoms with van der Waals surface area (Å²) in [5, 5.41) is 3.85. The van der Waals surface area contributed by atoms with E-state index in [1.165, 1.54) is 7.11 Å². The van der Waals surface area contributed by atoms with Crippen molar-refractivity contribution in [2.45, 2.75) is 20.4 Å². The first-order valence-corrected chi connectivity index (χ1v) is 8.31. The summed E-state index contributed by atoms with van der Waals surface area (Å²) in [6, 6.07) is 14.8. The van der Waals surface area contributed by atoms with Gasteiger partial charge in [-0.05, 0) is 49.7 Å². The summed E-state index contributed by atoms with van der Waals surface area (Å²) >= 11 is 0. The average molecular weight is 348 g/mol. The molecule has 0 spiro atoms. The molecule has 0 saturated heterocycles. The minimum atomic E-state index is -0.381. The summed E-state index contributed by atoms with van der Waals surface area (Å²) in [4.78, 5) is 28.5. The van der Waals surface area contributed by atoms with Crippen LogP contribution in [0.4, 0.5) is 0 Å². The van der Waals surface area contributed by atoms with E-state index in [1.54, 1.807) is 24.3 Å². The molecule has 0 atom stereocenters. The van der Waals surface area contributed by atoms with Crippen LogP contribution in [0.25, 0.3) is 10.9 Å². The number of hydrogen-bond donors (Lipinski definition) is 1. The lowest BCUT2D eigenvalue weighted by molar-refractivity contribution is 0.0600. The van der Waals surface area contributed by atoms with E-state index < -0.39 is 0 Å². The minimum absolute atomic E-state index is 0.171. The number of carbonyl (C=O) groups is 2. The van der Waals surface area contributed by atoms with Gasteiger partial charge in [-0.25, -0.2) is 4.79 Å². The molecule has 1 N–H and O–H groups in total. The summed E-state index contributed by atoms with van der Waals surface area (Å²) in [5.41, 5.74) is 4.64. The van der Waals surface area contributed by atoms with Crippen molar-refractivity contribution >= 4 is 22.8 Å². The van der Waals surface area contributed by atoms with Crippen molar-refractivity contribution in [1.29, 1.82) is 0 Å². The molecular formula is C21H20N2O3. The Balaban J connectivity index is 1.74. The molecule has 0 bridgehead atoms. The van der Waals surface area contributed by atoms with Crippen molar-refractivity contribution in [2.75, 3.05) is 7.11 Å². The van der Waals surface area contributed by atoms with E-state index in [0.717, 1.165) is 22.0 Å². The molecule has 1 heterocycles. The second-order valence-corrected chi connectivity index (χ2v) is 6.19. The molecule has 0 aliphatic heterocycles. The number of fused-ring (bicyclic) bond motifs is 1. The molecule has 26 heavy (non-hydrogen) atoms. The van der Waals surface area contributed by atoms with Crippen LogP contribution >= 0.6 is 0 Å². The predicted molar refractivity (Wildman–Crippen MR) is 100 cm³/mol. The molecule has 5 heteroatoms. The molecule has 5 nitrogen and oxygen atoms in total. The summed E-state index contributed by atoms with van der Waals surface area (Å²) in [6.45, 7) is 4.21. The van der Waals surface area contributed by atoms with Gasteiger partial charge in [-0.2, -0.15) is 0 Å². The van der Waals surface area contributed by atoms with Crippen LogP contribution in [0.2, 0.25) is 0 Å². The highest BCUT2D eigenvalue weighted by molar-refractivity contribution is 5.98. The van der Waals surface area contributed by atoms with Gasteiger partial charge in [-0.15, -0.1) is 0 Å². The number of pyridine rings is 1. The number of nitrogens with zero attached hydrogens (tertiary/aromatic N) is 1. The second-order valence-electron chi connectivity index (χ2n) is 6.19. The number of nitrogens with one attached hydrogen (secondary N) is 1. The quantitative estimate of drug-likeness (QED) is 0.732. The van der Waals surface area contributed by atoms with E-state index in [4.69, 9.17) is 0 Å². The Morgan fingerprint density at radius 1 is 1.04 bits per heavy atom. The van der Waals surface area contributed by atoms with Crippen molar-refractivity contribution in [3.63, 3.8) is 0 Å². The number of hydrogen-bond acceptors (Lipinski definition) is 4. The number of aromatic nitrogens is 1. The van der Waals surface area contributed by atoms with E-state index in [0.29, 0.717) is 23.4 Å². The van der Waals surface area contributed by atoms with E-state index in [1.807, 2.05) is 38.1 Å². The van der Waals surface area contributed by atoms with E-state index in [9.17, 15) is 9.59 Å². The standard InChI is InChI=1S/C21H20N2O3/c1-13-4-9-19-17(10-13)11-18(14(2)23-19)20(24)22-12-15-5-7-16(8-6-15)21(25)26-3/h4-11H,12H2,1-3H3,(H,22,24). The maximum absolute atomic E-state index is 12.6. The van der Waals surface area contributed by atoms with Crippen LogP contribution in [0.1, 0.15) is 37.5 Å². The van der Waals surface area contributed by atoms with Crippen molar-refractivity contribution in [3.8, 4) is 0 Å².